The van der Waals surface area contributed by atoms with E-state index in [-0.39, 0.29) is 19.1 Å². The smallest absolute Gasteiger partial charge is 0.251 e. The first-order valence-electron chi connectivity index (χ1n) is 9.52. The number of hydrogen-bond donors (Lipinski definition) is 3. The van der Waals surface area contributed by atoms with Gasteiger partial charge in [0, 0.05) is 12.1 Å². The quantitative estimate of drug-likeness (QED) is 0.544. The van der Waals surface area contributed by atoms with E-state index in [9.17, 15) is 14.7 Å². The number of aliphatic hydroxyl groups excluding tert-OH is 1. The Morgan fingerprint density at radius 3 is 2.30 bits per heavy atom. The van der Waals surface area contributed by atoms with Gasteiger partial charge in [0.2, 0.25) is 11.7 Å². The molecule has 0 fully saturated rings. The highest BCUT2D eigenvalue weighted by Gasteiger charge is 2.18. The van der Waals surface area contributed by atoms with E-state index in [0.29, 0.717) is 22.8 Å². The Balaban J connectivity index is 1.82. The molecule has 0 aliphatic carbocycles. The maximum absolute atomic E-state index is 12.2. The second-order valence-electron chi connectivity index (χ2n) is 6.77. The molecule has 162 valence electrons. The SMILES string of the molecule is COc1cccc(OC)c1OCC(O)CNC(=O)C(C)NC(=O)c1cccc(C)c1. The Labute approximate surface area is 176 Å². The summed E-state index contributed by atoms with van der Waals surface area (Å²) >= 11 is 0. The normalized spacial score (nSPS) is 12.4. The zero-order valence-electron chi connectivity index (χ0n) is 17.6. The molecule has 30 heavy (non-hydrogen) atoms. The lowest BCUT2D eigenvalue weighted by Crippen LogP contribution is -2.47. The Morgan fingerprint density at radius 2 is 1.70 bits per heavy atom. The van der Waals surface area contributed by atoms with Crippen LogP contribution in [-0.4, -0.2) is 56.4 Å². The predicted octanol–water partition coefficient (Wildman–Crippen LogP) is 1.69. The number of benzene rings is 2. The van der Waals surface area contributed by atoms with Crippen molar-refractivity contribution >= 4 is 11.8 Å². The van der Waals surface area contributed by atoms with Gasteiger partial charge in [0.1, 0.15) is 18.8 Å². The molecule has 0 saturated carbocycles. The van der Waals surface area contributed by atoms with E-state index in [2.05, 4.69) is 10.6 Å². The molecule has 3 N–H and O–H groups in total. The van der Waals surface area contributed by atoms with Crippen LogP contribution in [0.25, 0.3) is 0 Å². The molecule has 0 saturated heterocycles. The summed E-state index contributed by atoms with van der Waals surface area (Å²) in [6, 6.07) is 11.5. The van der Waals surface area contributed by atoms with Crippen LogP contribution in [0.1, 0.15) is 22.8 Å². The average molecular weight is 416 g/mol. The largest absolute Gasteiger partial charge is 0.493 e. The fourth-order valence-corrected chi connectivity index (χ4v) is 2.70. The highest BCUT2D eigenvalue weighted by Crippen LogP contribution is 2.36. The number of carbonyl (C=O) groups is 2. The first kappa shape index (κ1) is 23.0. The fraction of sp³-hybridized carbons (Fsp3) is 0.364. The molecule has 0 heterocycles. The molecule has 0 aromatic heterocycles. The molecule has 0 radical (unpaired) electrons. The molecule has 0 spiro atoms. The summed E-state index contributed by atoms with van der Waals surface area (Å²) in [6.07, 6.45) is -0.969. The van der Waals surface area contributed by atoms with Crippen molar-refractivity contribution in [1.29, 1.82) is 0 Å². The number of methoxy groups -OCH3 is 2. The molecule has 2 amide bonds. The van der Waals surface area contributed by atoms with Gasteiger partial charge in [0.25, 0.3) is 5.91 Å². The van der Waals surface area contributed by atoms with E-state index in [1.165, 1.54) is 14.2 Å². The number of hydrogen-bond acceptors (Lipinski definition) is 6. The van der Waals surface area contributed by atoms with Gasteiger partial charge in [0.15, 0.2) is 11.5 Å². The summed E-state index contributed by atoms with van der Waals surface area (Å²) < 4.78 is 16.1. The molecule has 2 unspecified atom stereocenters. The predicted molar refractivity (Wildman–Crippen MR) is 112 cm³/mol. The van der Waals surface area contributed by atoms with Gasteiger partial charge in [-0.25, -0.2) is 0 Å². The first-order chi connectivity index (χ1) is 14.3. The maximum Gasteiger partial charge on any atom is 0.251 e. The van der Waals surface area contributed by atoms with Crippen LogP contribution in [0.15, 0.2) is 42.5 Å². The van der Waals surface area contributed by atoms with E-state index < -0.39 is 18.1 Å². The number of nitrogens with one attached hydrogen (secondary N) is 2. The van der Waals surface area contributed by atoms with Gasteiger partial charge in [-0.1, -0.05) is 23.8 Å². The molecule has 8 heteroatoms. The van der Waals surface area contributed by atoms with Gasteiger partial charge in [-0.05, 0) is 38.1 Å². The lowest BCUT2D eigenvalue weighted by atomic mass is 10.1. The van der Waals surface area contributed by atoms with Crippen molar-refractivity contribution in [1.82, 2.24) is 10.6 Å². The molecule has 0 bridgehead atoms. The number of aryl methyl sites for hydroxylation is 1. The Bertz CT molecular complexity index is 848. The highest BCUT2D eigenvalue weighted by molar-refractivity contribution is 5.97. The molecule has 0 aliphatic rings. The van der Waals surface area contributed by atoms with Crippen molar-refractivity contribution in [3.05, 3.63) is 53.6 Å². The van der Waals surface area contributed by atoms with Gasteiger partial charge in [-0.15, -0.1) is 0 Å². The van der Waals surface area contributed by atoms with Crippen LogP contribution < -0.4 is 24.8 Å². The van der Waals surface area contributed by atoms with Crippen LogP contribution in [0, 0.1) is 6.92 Å². The third-order valence-corrected chi connectivity index (χ3v) is 4.34. The van der Waals surface area contributed by atoms with Crippen molar-refractivity contribution in [3.8, 4) is 17.2 Å². The van der Waals surface area contributed by atoms with Crippen LogP contribution in [0.5, 0.6) is 17.2 Å². The number of aliphatic hydroxyl groups is 1. The monoisotopic (exact) mass is 416 g/mol. The van der Waals surface area contributed by atoms with Gasteiger partial charge >= 0.3 is 0 Å². The molecular weight excluding hydrogens is 388 g/mol. The van der Waals surface area contributed by atoms with Gasteiger partial charge < -0.3 is 30.0 Å². The van der Waals surface area contributed by atoms with E-state index in [1.54, 1.807) is 43.3 Å². The lowest BCUT2D eigenvalue weighted by molar-refractivity contribution is -0.123. The minimum Gasteiger partial charge on any atom is -0.493 e. The third-order valence-electron chi connectivity index (χ3n) is 4.34. The maximum atomic E-state index is 12.2. The average Bonchev–Trinajstić information content (AvgIpc) is 2.75. The third kappa shape index (κ3) is 6.38. The highest BCUT2D eigenvalue weighted by atomic mass is 16.5. The summed E-state index contributed by atoms with van der Waals surface area (Å²) in [5.41, 5.74) is 1.43. The topological polar surface area (TPSA) is 106 Å². The molecule has 2 aromatic rings. The molecule has 2 aromatic carbocycles. The molecular formula is C22H28N2O6. The van der Waals surface area contributed by atoms with Crippen molar-refractivity contribution in [2.45, 2.75) is 26.0 Å². The van der Waals surface area contributed by atoms with Crippen molar-refractivity contribution in [2.75, 3.05) is 27.4 Å². The number of para-hydroxylation sites is 1. The van der Waals surface area contributed by atoms with Crippen LogP contribution in [0.4, 0.5) is 0 Å². The number of amides is 2. The molecule has 0 aliphatic heterocycles. The van der Waals surface area contributed by atoms with Crippen LogP contribution >= 0.6 is 0 Å². The van der Waals surface area contributed by atoms with E-state index in [1.807, 2.05) is 13.0 Å². The summed E-state index contributed by atoms with van der Waals surface area (Å²) in [5, 5.41) is 15.4. The second-order valence-corrected chi connectivity index (χ2v) is 6.77. The summed E-state index contributed by atoms with van der Waals surface area (Å²) in [6.45, 7) is 3.34. The van der Waals surface area contributed by atoms with Gasteiger partial charge in [-0.2, -0.15) is 0 Å². The molecule has 2 atom stereocenters. The van der Waals surface area contributed by atoms with E-state index in [0.717, 1.165) is 5.56 Å². The molecule has 2 rings (SSSR count). The molecule has 8 nitrogen and oxygen atoms in total. The minimum absolute atomic E-state index is 0.0407. The van der Waals surface area contributed by atoms with Gasteiger partial charge in [0.05, 0.1) is 14.2 Å². The zero-order valence-corrected chi connectivity index (χ0v) is 17.6. The Hall–Kier alpha value is -3.26. The summed E-state index contributed by atoms with van der Waals surface area (Å²) in [5.74, 6) is 0.557. The van der Waals surface area contributed by atoms with Crippen molar-refractivity contribution in [3.63, 3.8) is 0 Å². The van der Waals surface area contributed by atoms with Crippen LogP contribution in [0.3, 0.4) is 0 Å². The number of rotatable bonds is 10. The first-order valence-corrected chi connectivity index (χ1v) is 9.52. The lowest BCUT2D eigenvalue weighted by Gasteiger charge is -2.18. The van der Waals surface area contributed by atoms with E-state index in [4.69, 9.17) is 14.2 Å². The summed E-state index contributed by atoms with van der Waals surface area (Å²) in [4.78, 5) is 24.5. The van der Waals surface area contributed by atoms with Crippen LogP contribution in [-0.2, 0) is 4.79 Å². The van der Waals surface area contributed by atoms with Crippen LogP contribution in [0.2, 0.25) is 0 Å². The van der Waals surface area contributed by atoms with Crippen molar-refractivity contribution in [2.24, 2.45) is 0 Å². The standard InChI is InChI=1S/C22H28N2O6/c1-14-7-5-8-16(11-14)22(27)24-15(2)21(26)23-12-17(25)13-30-20-18(28-3)9-6-10-19(20)29-4/h5-11,15,17,25H,12-13H2,1-4H3,(H,23,26)(H,24,27). The zero-order chi connectivity index (χ0) is 22.1. The fourth-order valence-electron chi connectivity index (χ4n) is 2.70. The van der Waals surface area contributed by atoms with E-state index >= 15 is 0 Å². The minimum atomic E-state index is -0.969. The second kappa shape index (κ2) is 11.1. The Kier molecular flexibility index (Phi) is 8.49. The number of carbonyl (C=O) groups excluding carboxylic acids is 2. The van der Waals surface area contributed by atoms with Crippen molar-refractivity contribution < 1.29 is 28.9 Å². The van der Waals surface area contributed by atoms with Gasteiger partial charge in [-0.3, -0.25) is 9.59 Å². The Morgan fingerprint density at radius 1 is 1.07 bits per heavy atom. The number of ether oxygens (including phenoxy) is 3. The summed E-state index contributed by atoms with van der Waals surface area (Å²) in [7, 11) is 3.01.